The third-order valence-corrected chi connectivity index (χ3v) is 9.51. The van der Waals surface area contributed by atoms with Crippen molar-refractivity contribution in [3.63, 3.8) is 0 Å². The Kier molecular flexibility index (Phi) is 7.35. The minimum absolute atomic E-state index is 0.184. The van der Waals surface area contributed by atoms with Crippen molar-refractivity contribution in [3.05, 3.63) is 35.5 Å². The first-order valence-corrected chi connectivity index (χ1v) is 14.5. The van der Waals surface area contributed by atoms with Gasteiger partial charge in [-0.25, -0.2) is 9.78 Å². The molecule has 38 heavy (non-hydrogen) atoms. The molecule has 4 saturated heterocycles. The number of hydrogen-bond acceptors (Lipinski definition) is 8. The molecule has 9 heteroatoms. The summed E-state index contributed by atoms with van der Waals surface area (Å²) in [4.78, 5) is 16.5. The summed E-state index contributed by atoms with van der Waals surface area (Å²) in [6.45, 7) is 10.7. The van der Waals surface area contributed by atoms with E-state index in [1.807, 2.05) is 31.2 Å². The van der Waals surface area contributed by atoms with Gasteiger partial charge in [-0.1, -0.05) is 25.4 Å². The van der Waals surface area contributed by atoms with Gasteiger partial charge in [-0.2, -0.15) is 0 Å². The van der Waals surface area contributed by atoms with Crippen molar-refractivity contribution in [3.8, 4) is 0 Å². The molecule has 8 nitrogen and oxygen atoms in total. The number of rotatable bonds is 8. The Morgan fingerprint density at radius 2 is 2.03 bits per heavy atom. The van der Waals surface area contributed by atoms with Gasteiger partial charge in [0.1, 0.15) is 0 Å². The lowest BCUT2D eigenvalue weighted by Crippen LogP contribution is -2.70. The molecule has 2 aromatic rings. The van der Waals surface area contributed by atoms with Crippen LogP contribution in [0, 0.1) is 23.7 Å². The minimum Gasteiger partial charge on any atom is -0.383 e. The van der Waals surface area contributed by atoms with Gasteiger partial charge < -0.3 is 24.8 Å². The van der Waals surface area contributed by atoms with E-state index in [2.05, 4.69) is 36.4 Å². The Balaban J connectivity index is 1.03. The summed E-state index contributed by atoms with van der Waals surface area (Å²) >= 11 is 6.12. The quantitative estimate of drug-likeness (QED) is 0.332. The summed E-state index contributed by atoms with van der Waals surface area (Å²) < 4.78 is 19.3. The third kappa shape index (κ3) is 4.72. The predicted octanol–water partition coefficient (Wildman–Crippen LogP) is 5.50. The van der Waals surface area contributed by atoms with Crippen LogP contribution in [0.5, 0.6) is 0 Å². The van der Waals surface area contributed by atoms with Gasteiger partial charge >= 0.3 is 0 Å². The van der Waals surface area contributed by atoms with Gasteiger partial charge in [0.25, 0.3) is 0 Å². The van der Waals surface area contributed by atoms with Crippen LogP contribution >= 0.6 is 11.6 Å². The van der Waals surface area contributed by atoms with Crippen LogP contribution in [0.25, 0.3) is 10.9 Å². The van der Waals surface area contributed by atoms with E-state index in [0.29, 0.717) is 23.5 Å². The monoisotopic (exact) mass is 545 g/mol. The van der Waals surface area contributed by atoms with Gasteiger partial charge in [0, 0.05) is 59.7 Å². The number of fused-ring (bicyclic) bond motifs is 3. The van der Waals surface area contributed by atoms with Crippen LogP contribution in [-0.2, 0) is 24.0 Å². The fourth-order valence-corrected chi connectivity index (χ4v) is 7.32. The standard InChI is InChI=1S/C29H40ClN3O5/c1-17-5-8-23-19(3)26(35-27-29(23)22(17)9-11-28(4,36-27)37-38-29)34-14-13-31-18(2)16-33-24-10-12-32-25-15-20(30)6-7-21(24)25/h6-7,10,12,15,17-19,22-23,26-27,31H,5,8-9,11,13-14,16H2,1-4H3,(H,32,33)/t17-,18?,19-,22?,23?,26+,27-,28+,29-/m1/s1. The second kappa shape index (κ2) is 10.5. The number of aromatic nitrogens is 1. The summed E-state index contributed by atoms with van der Waals surface area (Å²) in [5, 5.41) is 8.84. The van der Waals surface area contributed by atoms with Crippen LogP contribution in [-0.4, -0.2) is 54.7 Å². The van der Waals surface area contributed by atoms with Crippen molar-refractivity contribution in [1.29, 1.82) is 0 Å². The smallest absolute Gasteiger partial charge is 0.201 e. The molecule has 5 heterocycles. The molecule has 2 bridgehead atoms. The Morgan fingerprint density at radius 1 is 1.16 bits per heavy atom. The normalized spacial score (nSPS) is 39.0. The van der Waals surface area contributed by atoms with Crippen LogP contribution in [0.4, 0.5) is 5.69 Å². The number of ether oxygens (including phenoxy) is 3. The number of hydrogen-bond donors (Lipinski definition) is 2. The molecule has 0 radical (unpaired) electrons. The molecule has 1 aromatic heterocycles. The maximum atomic E-state index is 6.51. The van der Waals surface area contributed by atoms with Crippen molar-refractivity contribution < 1.29 is 24.0 Å². The number of halogens is 1. The summed E-state index contributed by atoms with van der Waals surface area (Å²) in [6, 6.07) is 8.02. The third-order valence-electron chi connectivity index (χ3n) is 9.28. The highest BCUT2D eigenvalue weighted by atomic mass is 35.5. The second-order valence-electron chi connectivity index (χ2n) is 11.9. The van der Waals surface area contributed by atoms with Crippen molar-refractivity contribution in [1.82, 2.24) is 10.3 Å². The van der Waals surface area contributed by atoms with Gasteiger partial charge in [0.2, 0.25) is 5.79 Å². The lowest BCUT2D eigenvalue weighted by Gasteiger charge is -2.60. The molecule has 5 fully saturated rings. The molecule has 3 unspecified atom stereocenters. The van der Waals surface area contributed by atoms with E-state index in [9.17, 15) is 0 Å². The van der Waals surface area contributed by atoms with Gasteiger partial charge in [0.05, 0.1) is 12.1 Å². The van der Waals surface area contributed by atoms with E-state index in [0.717, 1.165) is 48.9 Å². The van der Waals surface area contributed by atoms with E-state index >= 15 is 0 Å². The molecular formula is C29H40ClN3O5. The number of anilines is 1. The summed E-state index contributed by atoms with van der Waals surface area (Å²) in [6.07, 6.45) is 5.11. The van der Waals surface area contributed by atoms with Gasteiger partial charge in [-0.05, 0) is 69.2 Å². The number of benzene rings is 1. The maximum Gasteiger partial charge on any atom is 0.201 e. The zero-order chi connectivity index (χ0) is 26.5. The van der Waals surface area contributed by atoms with Gasteiger partial charge in [-0.15, -0.1) is 0 Å². The molecule has 1 spiro atoms. The van der Waals surface area contributed by atoms with E-state index in [1.54, 1.807) is 6.20 Å². The molecule has 0 amide bonds. The highest BCUT2D eigenvalue weighted by molar-refractivity contribution is 6.31. The maximum absolute atomic E-state index is 6.51. The molecule has 4 aliphatic heterocycles. The first kappa shape index (κ1) is 26.7. The summed E-state index contributed by atoms with van der Waals surface area (Å²) in [7, 11) is 0. The molecule has 1 aliphatic carbocycles. The molecule has 9 atom stereocenters. The largest absolute Gasteiger partial charge is 0.383 e. The molecule has 2 N–H and O–H groups in total. The zero-order valence-electron chi connectivity index (χ0n) is 22.7. The minimum atomic E-state index is -0.765. The first-order chi connectivity index (χ1) is 18.3. The Labute approximate surface area is 230 Å². The summed E-state index contributed by atoms with van der Waals surface area (Å²) in [5.74, 6) is 0.610. The SMILES string of the molecule is CC(CNc1ccnc2cc(Cl)ccc12)NCCO[C@H]1O[C@@H]2O[C@]3(C)CCC4[C@H](C)CCC([C@H]1C)[C@]42OO3. The zero-order valence-corrected chi connectivity index (χ0v) is 23.5. The lowest BCUT2D eigenvalue weighted by molar-refractivity contribution is -0.577. The van der Waals surface area contributed by atoms with Crippen molar-refractivity contribution >= 4 is 28.2 Å². The van der Waals surface area contributed by atoms with Crippen LogP contribution in [0.1, 0.15) is 53.4 Å². The van der Waals surface area contributed by atoms with Crippen LogP contribution < -0.4 is 10.6 Å². The molecule has 1 aromatic carbocycles. The van der Waals surface area contributed by atoms with Crippen molar-refractivity contribution in [2.75, 3.05) is 25.0 Å². The van der Waals surface area contributed by atoms with Crippen molar-refractivity contribution in [2.24, 2.45) is 23.7 Å². The fourth-order valence-electron chi connectivity index (χ4n) is 7.15. The average molecular weight is 546 g/mol. The van der Waals surface area contributed by atoms with Crippen LogP contribution in [0.3, 0.4) is 0 Å². The molecule has 7 rings (SSSR count). The van der Waals surface area contributed by atoms with Crippen molar-refractivity contribution in [2.45, 2.75) is 83.4 Å². The lowest BCUT2D eigenvalue weighted by atomic mass is 9.58. The topological polar surface area (TPSA) is 83.1 Å². The Hall–Kier alpha value is -1.52. The molecule has 1 saturated carbocycles. The van der Waals surface area contributed by atoms with Crippen LogP contribution in [0.2, 0.25) is 5.02 Å². The highest BCUT2D eigenvalue weighted by Crippen LogP contribution is 2.60. The number of nitrogens with one attached hydrogen (secondary N) is 2. The van der Waals surface area contributed by atoms with E-state index in [4.69, 9.17) is 35.6 Å². The van der Waals surface area contributed by atoms with E-state index in [1.165, 1.54) is 6.42 Å². The van der Waals surface area contributed by atoms with E-state index in [-0.39, 0.29) is 24.2 Å². The summed E-state index contributed by atoms with van der Waals surface area (Å²) in [5.41, 5.74) is 1.39. The van der Waals surface area contributed by atoms with E-state index < -0.39 is 17.7 Å². The first-order valence-electron chi connectivity index (χ1n) is 14.1. The fraction of sp³-hybridized carbons (Fsp3) is 0.690. The molecule has 5 aliphatic rings. The average Bonchev–Trinajstić information content (AvgIpc) is 3.13. The Bertz CT molecular complexity index is 1150. The molecule has 208 valence electrons. The predicted molar refractivity (Wildman–Crippen MR) is 145 cm³/mol. The Morgan fingerprint density at radius 3 is 2.89 bits per heavy atom. The van der Waals surface area contributed by atoms with Gasteiger partial charge in [-0.3, -0.25) is 4.98 Å². The molecular weight excluding hydrogens is 506 g/mol. The number of nitrogens with zero attached hydrogens (tertiary/aromatic N) is 1. The van der Waals surface area contributed by atoms with Gasteiger partial charge in [0.15, 0.2) is 18.2 Å². The highest BCUT2D eigenvalue weighted by Gasteiger charge is 2.69. The second-order valence-corrected chi connectivity index (χ2v) is 12.3. The van der Waals surface area contributed by atoms with Crippen LogP contribution in [0.15, 0.2) is 30.5 Å². The number of pyridine rings is 1.